The van der Waals surface area contributed by atoms with E-state index in [1.807, 2.05) is 0 Å². The highest BCUT2D eigenvalue weighted by Crippen LogP contribution is 2.45. The normalized spacial score (nSPS) is 15.5. The topological polar surface area (TPSA) is 97.1 Å². The molecule has 1 aliphatic carbocycles. The fraction of sp³-hybridized carbons (Fsp3) is 0.333. The summed E-state index contributed by atoms with van der Waals surface area (Å²) in [6.45, 7) is -0.314. The van der Waals surface area contributed by atoms with E-state index in [4.69, 9.17) is 5.11 Å². The second kappa shape index (κ2) is 6.07. The third kappa shape index (κ3) is 3.24. The van der Waals surface area contributed by atoms with Crippen molar-refractivity contribution in [2.45, 2.75) is 19.0 Å². The minimum absolute atomic E-state index is 0.256. The lowest BCUT2D eigenvalue weighted by molar-refractivity contribution is -0.144. The van der Waals surface area contributed by atoms with Gasteiger partial charge in [-0.3, -0.25) is 9.59 Å². The van der Waals surface area contributed by atoms with Crippen molar-refractivity contribution in [3.8, 4) is 5.69 Å². The van der Waals surface area contributed by atoms with Gasteiger partial charge in [-0.15, -0.1) is 5.10 Å². The van der Waals surface area contributed by atoms with E-state index in [1.165, 1.54) is 12.1 Å². The molecular formula is C15H12F4N4O3. The van der Waals surface area contributed by atoms with Crippen molar-refractivity contribution in [1.29, 1.82) is 0 Å². The van der Waals surface area contributed by atoms with E-state index >= 15 is 0 Å². The molecule has 1 heterocycles. The second-order valence-electron chi connectivity index (χ2n) is 5.94. The first kappa shape index (κ1) is 17.8. The number of carboxylic acids is 1. The van der Waals surface area contributed by atoms with Crippen molar-refractivity contribution in [3.05, 3.63) is 41.5 Å². The van der Waals surface area contributed by atoms with E-state index in [2.05, 4.69) is 15.6 Å². The Labute approximate surface area is 143 Å². The number of benzene rings is 1. The number of carbonyl (C=O) groups is 2. The minimum Gasteiger partial charge on any atom is -0.481 e. The Morgan fingerprint density at radius 2 is 2.00 bits per heavy atom. The molecule has 0 saturated heterocycles. The van der Waals surface area contributed by atoms with Crippen LogP contribution in [0.4, 0.5) is 17.6 Å². The first-order chi connectivity index (χ1) is 12.1. The zero-order valence-corrected chi connectivity index (χ0v) is 13.0. The van der Waals surface area contributed by atoms with Gasteiger partial charge in [0.15, 0.2) is 11.4 Å². The molecule has 11 heteroatoms. The highest BCUT2D eigenvalue weighted by atomic mass is 19.4. The summed E-state index contributed by atoms with van der Waals surface area (Å²) in [4.78, 5) is 23.2. The highest BCUT2D eigenvalue weighted by molar-refractivity contribution is 5.94. The van der Waals surface area contributed by atoms with Gasteiger partial charge < -0.3 is 10.4 Å². The molecule has 138 valence electrons. The van der Waals surface area contributed by atoms with Crippen molar-refractivity contribution in [3.63, 3.8) is 0 Å². The molecule has 26 heavy (non-hydrogen) atoms. The average molecular weight is 372 g/mol. The Hall–Kier alpha value is -2.98. The van der Waals surface area contributed by atoms with Crippen molar-refractivity contribution in [1.82, 2.24) is 20.3 Å². The molecular weight excluding hydrogens is 360 g/mol. The molecule has 1 aromatic heterocycles. The molecule has 0 unspecified atom stereocenters. The van der Waals surface area contributed by atoms with E-state index in [1.54, 1.807) is 0 Å². The molecule has 2 N–H and O–H groups in total. The van der Waals surface area contributed by atoms with E-state index in [0.717, 1.165) is 12.1 Å². The van der Waals surface area contributed by atoms with Crippen LogP contribution in [0.2, 0.25) is 0 Å². The summed E-state index contributed by atoms with van der Waals surface area (Å²) in [5, 5.41) is 17.8. The van der Waals surface area contributed by atoms with Crippen LogP contribution in [0.5, 0.6) is 0 Å². The summed E-state index contributed by atoms with van der Waals surface area (Å²) >= 11 is 0. The SMILES string of the molecule is O=C(NCC1(C(=O)O)CC1)c1nnn(-c2cccc(F)c2)c1C(F)(F)F. The molecule has 0 atom stereocenters. The number of aliphatic carboxylic acids is 1. The number of aromatic nitrogens is 3. The molecule has 7 nitrogen and oxygen atoms in total. The van der Waals surface area contributed by atoms with E-state index < -0.39 is 40.7 Å². The summed E-state index contributed by atoms with van der Waals surface area (Å²) in [7, 11) is 0. The Balaban J connectivity index is 1.92. The number of alkyl halides is 3. The molecule has 3 rings (SSSR count). The summed E-state index contributed by atoms with van der Waals surface area (Å²) in [5.74, 6) is -3.11. The molecule has 0 radical (unpaired) electrons. The van der Waals surface area contributed by atoms with E-state index in [0.29, 0.717) is 17.5 Å². The van der Waals surface area contributed by atoms with Crippen molar-refractivity contribution in [2.24, 2.45) is 5.41 Å². The maximum Gasteiger partial charge on any atom is 0.435 e. The van der Waals surface area contributed by atoms with Gasteiger partial charge in [-0.2, -0.15) is 13.2 Å². The van der Waals surface area contributed by atoms with E-state index in [9.17, 15) is 27.2 Å². The lowest BCUT2D eigenvalue weighted by Crippen LogP contribution is -2.35. The number of hydrogen-bond donors (Lipinski definition) is 2. The van der Waals surface area contributed by atoms with Gasteiger partial charge in [0.2, 0.25) is 0 Å². The number of hydrogen-bond acceptors (Lipinski definition) is 4. The number of carboxylic acid groups (broad SMARTS) is 1. The number of nitrogens with zero attached hydrogens (tertiary/aromatic N) is 3. The minimum atomic E-state index is -4.99. The summed E-state index contributed by atoms with van der Waals surface area (Å²) in [6, 6.07) is 4.23. The fourth-order valence-corrected chi connectivity index (χ4v) is 2.43. The van der Waals surface area contributed by atoms with Crippen LogP contribution in [0.1, 0.15) is 29.0 Å². The number of rotatable bonds is 5. The van der Waals surface area contributed by atoms with E-state index in [-0.39, 0.29) is 12.2 Å². The Bertz CT molecular complexity index is 874. The first-order valence-electron chi connectivity index (χ1n) is 7.44. The number of halogens is 4. The third-order valence-electron chi connectivity index (χ3n) is 4.10. The van der Waals surface area contributed by atoms with Gasteiger partial charge in [0.1, 0.15) is 5.82 Å². The predicted molar refractivity (Wildman–Crippen MR) is 78.0 cm³/mol. The van der Waals surface area contributed by atoms with Crippen molar-refractivity contribution >= 4 is 11.9 Å². The van der Waals surface area contributed by atoms with Gasteiger partial charge in [0.05, 0.1) is 11.1 Å². The van der Waals surface area contributed by atoms with Crippen LogP contribution in [-0.2, 0) is 11.0 Å². The summed E-state index contributed by atoms with van der Waals surface area (Å²) in [6.07, 6.45) is -4.35. The first-order valence-corrected chi connectivity index (χ1v) is 7.44. The Morgan fingerprint density at radius 3 is 2.54 bits per heavy atom. The third-order valence-corrected chi connectivity index (χ3v) is 4.10. The van der Waals surface area contributed by atoms with Crippen LogP contribution < -0.4 is 5.32 Å². The summed E-state index contributed by atoms with van der Waals surface area (Å²) in [5.41, 5.74) is -3.89. The standard InChI is InChI=1S/C15H12F4N4O3/c16-8-2-1-3-9(6-8)23-11(15(17,18)19)10(21-22-23)12(24)20-7-14(4-5-14)13(25)26/h1-3,6H,4-5,7H2,(H,20,24)(H,25,26). The molecule has 2 aromatic rings. The molecule has 1 saturated carbocycles. The second-order valence-corrected chi connectivity index (χ2v) is 5.94. The predicted octanol–water partition coefficient (Wildman–Crippen LogP) is 2.02. The summed E-state index contributed by atoms with van der Waals surface area (Å²) < 4.78 is 53.9. The largest absolute Gasteiger partial charge is 0.481 e. The zero-order valence-electron chi connectivity index (χ0n) is 13.0. The maximum absolute atomic E-state index is 13.4. The van der Waals surface area contributed by atoms with Crippen LogP contribution in [-0.4, -0.2) is 38.5 Å². The molecule has 1 fully saturated rings. The smallest absolute Gasteiger partial charge is 0.435 e. The zero-order chi connectivity index (χ0) is 19.1. The fourth-order valence-electron chi connectivity index (χ4n) is 2.43. The molecule has 0 spiro atoms. The Kier molecular flexibility index (Phi) is 4.17. The van der Waals surface area contributed by atoms with Crippen LogP contribution in [0.25, 0.3) is 5.69 Å². The van der Waals surface area contributed by atoms with Crippen molar-refractivity contribution < 1.29 is 32.3 Å². The highest BCUT2D eigenvalue weighted by Gasteiger charge is 2.51. The molecule has 1 aliphatic rings. The quantitative estimate of drug-likeness (QED) is 0.783. The lowest BCUT2D eigenvalue weighted by Gasteiger charge is -2.13. The number of carbonyl (C=O) groups excluding carboxylic acids is 1. The number of amides is 1. The van der Waals surface area contributed by atoms with Crippen molar-refractivity contribution in [2.75, 3.05) is 6.54 Å². The molecule has 1 aromatic carbocycles. The van der Waals surface area contributed by atoms with Crippen LogP contribution in [0, 0.1) is 11.2 Å². The molecule has 0 aliphatic heterocycles. The Morgan fingerprint density at radius 1 is 1.31 bits per heavy atom. The van der Waals surface area contributed by atoms with Gasteiger partial charge in [-0.05, 0) is 31.0 Å². The average Bonchev–Trinajstić information content (AvgIpc) is 3.21. The number of nitrogens with one attached hydrogen (secondary N) is 1. The maximum atomic E-state index is 13.4. The van der Waals surface area contributed by atoms with Crippen LogP contribution in [0.15, 0.2) is 24.3 Å². The lowest BCUT2D eigenvalue weighted by atomic mass is 10.1. The van der Waals surface area contributed by atoms with Gasteiger partial charge in [0, 0.05) is 6.54 Å². The van der Waals surface area contributed by atoms with Crippen LogP contribution in [0.3, 0.4) is 0 Å². The van der Waals surface area contributed by atoms with Gasteiger partial charge in [0.25, 0.3) is 5.91 Å². The van der Waals surface area contributed by atoms with Gasteiger partial charge in [-0.1, -0.05) is 11.3 Å². The van der Waals surface area contributed by atoms with Gasteiger partial charge >= 0.3 is 12.1 Å². The van der Waals surface area contributed by atoms with Crippen LogP contribution >= 0.6 is 0 Å². The van der Waals surface area contributed by atoms with Gasteiger partial charge in [-0.25, -0.2) is 9.07 Å². The molecule has 0 bridgehead atoms. The monoisotopic (exact) mass is 372 g/mol. The molecule has 1 amide bonds.